The van der Waals surface area contributed by atoms with Gasteiger partial charge in [-0.3, -0.25) is 9.59 Å². The fourth-order valence-electron chi connectivity index (χ4n) is 3.00. The van der Waals surface area contributed by atoms with Gasteiger partial charge in [0.2, 0.25) is 23.5 Å². The van der Waals surface area contributed by atoms with Crippen molar-refractivity contribution in [1.29, 1.82) is 0 Å². The molecule has 0 bridgehead atoms. The van der Waals surface area contributed by atoms with E-state index >= 15 is 0 Å². The molecule has 0 unspecified atom stereocenters. The van der Waals surface area contributed by atoms with Gasteiger partial charge in [0.25, 0.3) is 0 Å². The Labute approximate surface area is 185 Å². The molecule has 8 nitrogen and oxygen atoms in total. The minimum atomic E-state index is -0.375. The molecule has 0 spiro atoms. The molecule has 0 saturated carbocycles. The Balaban J connectivity index is 1.30. The number of carbonyl (C=O) groups excluding carboxylic acids is 2. The van der Waals surface area contributed by atoms with Crippen molar-refractivity contribution in [2.75, 3.05) is 20.2 Å². The number of benzene rings is 2. The molecule has 0 radical (unpaired) electrons. The van der Waals surface area contributed by atoms with Crippen LogP contribution in [0.3, 0.4) is 0 Å². The smallest absolute Gasteiger partial charge is 0.226 e. The predicted molar refractivity (Wildman–Crippen MR) is 115 cm³/mol. The summed E-state index contributed by atoms with van der Waals surface area (Å²) >= 11 is 0. The number of ether oxygens (including phenoxy) is 1. The summed E-state index contributed by atoms with van der Waals surface area (Å²) < 4.78 is 23.5. The standard InChI is InChI=1S/C23H25FN4O4/c1-31-19-10-8-17(9-11-19)23-27-22(32-28-23)7-3-6-20(29)25-12-13-26-21(30)15-16-4-2-5-18(24)14-16/h2,4-5,8-11,14H,3,6-7,12-13,15H2,1H3,(H,25,29)(H,26,30). The third kappa shape index (κ3) is 7.19. The van der Waals surface area contributed by atoms with Gasteiger partial charge in [0.1, 0.15) is 11.6 Å². The normalized spacial score (nSPS) is 10.6. The largest absolute Gasteiger partial charge is 0.497 e. The molecule has 168 valence electrons. The van der Waals surface area contributed by atoms with E-state index in [0.29, 0.717) is 49.6 Å². The quantitative estimate of drug-likeness (QED) is 0.444. The zero-order valence-electron chi connectivity index (χ0n) is 17.8. The lowest BCUT2D eigenvalue weighted by Crippen LogP contribution is -2.35. The predicted octanol–water partition coefficient (Wildman–Crippen LogP) is 2.68. The maximum atomic E-state index is 13.1. The molecule has 2 aromatic carbocycles. The fourth-order valence-corrected chi connectivity index (χ4v) is 3.00. The first-order valence-electron chi connectivity index (χ1n) is 10.3. The molecule has 2 N–H and O–H groups in total. The Bertz CT molecular complexity index is 1040. The van der Waals surface area contributed by atoms with E-state index in [4.69, 9.17) is 9.26 Å². The number of carbonyl (C=O) groups is 2. The van der Waals surface area contributed by atoms with Crippen molar-refractivity contribution in [3.63, 3.8) is 0 Å². The monoisotopic (exact) mass is 440 g/mol. The molecule has 9 heteroatoms. The molecular formula is C23H25FN4O4. The number of rotatable bonds is 11. The van der Waals surface area contributed by atoms with Gasteiger partial charge in [-0.1, -0.05) is 17.3 Å². The Morgan fingerprint density at radius 2 is 1.81 bits per heavy atom. The van der Waals surface area contributed by atoms with E-state index in [1.807, 2.05) is 24.3 Å². The van der Waals surface area contributed by atoms with E-state index < -0.39 is 0 Å². The topological polar surface area (TPSA) is 106 Å². The lowest BCUT2D eigenvalue weighted by Gasteiger charge is -2.07. The second-order valence-electron chi connectivity index (χ2n) is 7.10. The SMILES string of the molecule is COc1ccc(-c2noc(CCCC(=O)NCCNC(=O)Cc3cccc(F)c3)n2)cc1. The first kappa shape index (κ1) is 22.9. The Kier molecular flexibility index (Phi) is 8.30. The van der Waals surface area contributed by atoms with Crippen LogP contribution in [0.2, 0.25) is 0 Å². The molecule has 3 rings (SSSR count). The van der Waals surface area contributed by atoms with Crippen LogP contribution in [-0.2, 0) is 22.4 Å². The molecule has 0 saturated heterocycles. The van der Waals surface area contributed by atoms with Crippen molar-refractivity contribution >= 4 is 11.8 Å². The molecular weight excluding hydrogens is 415 g/mol. The van der Waals surface area contributed by atoms with Crippen molar-refractivity contribution in [2.45, 2.75) is 25.7 Å². The minimum Gasteiger partial charge on any atom is -0.497 e. The number of amides is 2. The van der Waals surface area contributed by atoms with Gasteiger partial charge in [0.15, 0.2) is 0 Å². The first-order chi connectivity index (χ1) is 15.5. The van der Waals surface area contributed by atoms with Gasteiger partial charge in [-0.25, -0.2) is 4.39 Å². The van der Waals surface area contributed by atoms with E-state index in [1.165, 1.54) is 12.1 Å². The van der Waals surface area contributed by atoms with Crippen LogP contribution < -0.4 is 15.4 Å². The van der Waals surface area contributed by atoms with E-state index in [2.05, 4.69) is 20.8 Å². The van der Waals surface area contributed by atoms with E-state index in [9.17, 15) is 14.0 Å². The summed E-state index contributed by atoms with van der Waals surface area (Å²) in [7, 11) is 1.60. The molecule has 3 aromatic rings. The average molecular weight is 440 g/mol. The first-order valence-corrected chi connectivity index (χ1v) is 10.3. The zero-order chi connectivity index (χ0) is 22.8. The number of aryl methyl sites for hydroxylation is 1. The Morgan fingerprint density at radius 3 is 2.53 bits per heavy atom. The summed E-state index contributed by atoms with van der Waals surface area (Å²) in [6, 6.07) is 13.2. The van der Waals surface area contributed by atoms with Crippen LogP contribution >= 0.6 is 0 Å². The van der Waals surface area contributed by atoms with Crippen LogP contribution in [0, 0.1) is 5.82 Å². The highest BCUT2D eigenvalue weighted by atomic mass is 19.1. The Hall–Kier alpha value is -3.75. The Morgan fingerprint density at radius 1 is 1.06 bits per heavy atom. The highest BCUT2D eigenvalue weighted by Crippen LogP contribution is 2.20. The van der Waals surface area contributed by atoms with Crippen molar-refractivity contribution < 1.29 is 23.2 Å². The molecule has 32 heavy (non-hydrogen) atoms. The van der Waals surface area contributed by atoms with Crippen LogP contribution in [0.25, 0.3) is 11.4 Å². The van der Waals surface area contributed by atoms with Gasteiger partial charge in [0.05, 0.1) is 13.5 Å². The second kappa shape index (κ2) is 11.6. The van der Waals surface area contributed by atoms with Crippen LogP contribution in [0.1, 0.15) is 24.3 Å². The molecule has 0 fully saturated rings. The maximum Gasteiger partial charge on any atom is 0.226 e. The number of halogens is 1. The number of hydrogen-bond acceptors (Lipinski definition) is 6. The molecule has 1 heterocycles. The summed E-state index contributed by atoms with van der Waals surface area (Å²) in [5, 5.41) is 9.41. The highest BCUT2D eigenvalue weighted by molar-refractivity contribution is 5.79. The van der Waals surface area contributed by atoms with Gasteiger partial charge in [-0.15, -0.1) is 0 Å². The summed E-state index contributed by atoms with van der Waals surface area (Å²) in [5.41, 5.74) is 1.42. The average Bonchev–Trinajstić information content (AvgIpc) is 3.26. The number of hydrogen-bond donors (Lipinski definition) is 2. The fraction of sp³-hybridized carbons (Fsp3) is 0.304. The molecule has 0 aliphatic rings. The summed E-state index contributed by atoms with van der Waals surface area (Å²) in [6.07, 6.45) is 1.44. The van der Waals surface area contributed by atoms with E-state index in [-0.39, 0.29) is 24.1 Å². The van der Waals surface area contributed by atoms with Crippen molar-refractivity contribution in [2.24, 2.45) is 0 Å². The van der Waals surface area contributed by atoms with Crippen LogP contribution in [0.4, 0.5) is 4.39 Å². The number of nitrogens with zero attached hydrogens (tertiary/aromatic N) is 2. The van der Waals surface area contributed by atoms with Gasteiger partial charge >= 0.3 is 0 Å². The maximum absolute atomic E-state index is 13.1. The lowest BCUT2D eigenvalue weighted by molar-refractivity contribution is -0.122. The minimum absolute atomic E-state index is 0.0917. The molecule has 2 amide bonds. The van der Waals surface area contributed by atoms with Crippen molar-refractivity contribution in [3.05, 3.63) is 65.8 Å². The van der Waals surface area contributed by atoms with Crippen LogP contribution in [0.15, 0.2) is 53.1 Å². The van der Waals surface area contributed by atoms with Crippen molar-refractivity contribution in [3.8, 4) is 17.1 Å². The van der Waals surface area contributed by atoms with Crippen molar-refractivity contribution in [1.82, 2.24) is 20.8 Å². The lowest BCUT2D eigenvalue weighted by atomic mass is 10.1. The van der Waals surface area contributed by atoms with E-state index in [1.54, 1.807) is 19.2 Å². The van der Waals surface area contributed by atoms with Gasteiger partial charge < -0.3 is 19.9 Å². The highest BCUT2D eigenvalue weighted by Gasteiger charge is 2.10. The number of methoxy groups -OCH3 is 1. The third-order valence-corrected chi connectivity index (χ3v) is 4.63. The second-order valence-corrected chi connectivity index (χ2v) is 7.10. The van der Waals surface area contributed by atoms with E-state index in [0.717, 1.165) is 11.3 Å². The summed E-state index contributed by atoms with van der Waals surface area (Å²) in [4.78, 5) is 28.2. The number of nitrogens with one attached hydrogen (secondary N) is 2. The molecule has 1 aromatic heterocycles. The third-order valence-electron chi connectivity index (χ3n) is 4.63. The van der Waals surface area contributed by atoms with Crippen LogP contribution in [0.5, 0.6) is 5.75 Å². The summed E-state index contributed by atoms with van der Waals surface area (Å²) in [5.74, 6) is 0.970. The number of aromatic nitrogens is 2. The van der Waals surface area contributed by atoms with Gasteiger partial charge in [0, 0.05) is 31.5 Å². The van der Waals surface area contributed by atoms with Gasteiger partial charge in [-0.2, -0.15) is 4.98 Å². The molecule has 0 atom stereocenters. The zero-order valence-corrected chi connectivity index (χ0v) is 17.8. The van der Waals surface area contributed by atoms with Crippen LogP contribution in [-0.4, -0.2) is 42.2 Å². The van der Waals surface area contributed by atoms with Gasteiger partial charge in [-0.05, 0) is 48.4 Å². The summed E-state index contributed by atoms with van der Waals surface area (Å²) in [6.45, 7) is 0.616. The molecule has 0 aliphatic carbocycles. The molecule has 0 aliphatic heterocycles.